The van der Waals surface area contributed by atoms with Crippen LogP contribution in [0.1, 0.15) is 36.3 Å². The van der Waals surface area contributed by atoms with Gasteiger partial charge in [-0.15, -0.1) is 10.2 Å². The molecule has 1 aliphatic carbocycles. The third-order valence-corrected chi connectivity index (χ3v) is 7.87. The number of thioether (sulfide) groups is 1. The topological polar surface area (TPSA) is 47.1 Å². The molecule has 1 saturated heterocycles. The van der Waals surface area contributed by atoms with Gasteiger partial charge in [0.15, 0.2) is 11.0 Å². The van der Waals surface area contributed by atoms with Gasteiger partial charge in [0, 0.05) is 19.3 Å². The second-order valence-electron chi connectivity index (χ2n) is 8.84. The maximum absolute atomic E-state index is 12.8. The lowest BCUT2D eigenvalue weighted by Gasteiger charge is -2.16. The van der Waals surface area contributed by atoms with Gasteiger partial charge in [-0.25, -0.2) is 0 Å². The van der Waals surface area contributed by atoms with Crippen molar-refractivity contribution in [1.29, 1.82) is 0 Å². The quantitative estimate of drug-likeness (QED) is 0.345. The van der Waals surface area contributed by atoms with Gasteiger partial charge in [-0.05, 0) is 67.4 Å². The van der Waals surface area contributed by atoms with Crippen molar-refractivity contribution >= 4 is 11.8 Å². The summed E-state index contributed by atoms with van der Waals surface area (Å²) < 4.78 is 45.5. The highest BCUT2D eigenvalue weighted by Gasteiger charge is 2.57. The highest BCUT2D eigenvalue weighted by molar-refractivity contribution is 7.99. The number of likely N-dealkylation sites (tertiary alicyclic amines) is 1. The molecule has 0 N–H and O–H groups in total. The van der Waals surface area contributed by atoms with Crippen molar-refractivity contribution in [2.24, 2.45) is 12.5 Å². The molecule has 32 heavy (non-hydrogen) atoms. The molecule has 1 spiro atoms. The smallest absolute Gasteiger partial charge is 0.416 e. The number of hydrogen-bond acceptors (Lipinski definition) is 5. The lowest BCUT2D eigenvalue weighted by atomic mass is 9.97. The van der Waals surface area contributed by atoms with Gasteiger partial charge in [0.2, 0.25) is 0 Å². The molecule has 1 aromatic carbocycles. The number of rotatable bonds is 7. The molecule has 1 aliphatic heterocycles. The monoisotopic (exact) mass is 462 g/mol. The van der Waals surface area contributed by atoms with Crippen LogP contribution in [-0.4, -0.2) is 45.1 Å². The number of halogens is 3. The van der Waals surface area contributed by atoms with E-state index in [0.29, 0.717) is 5.92 Å². The molecule has 3 aromatic rings. The molecule has 5 nitrogen and oxygen atoms in total. The summed E-state index contributed by atoms with van der Waals surface area (Å²) in [5.74, 6) is 2.15. The molecule has 3 heterocycles. The fraction of sp³-hybridized carbons (Fsp3) is 0.478. The average molecular weight is 463 g/mol. The maximum Gasteiger partial charge on any atom is 0.416 e. The lowest BCUT2D eigenvalue weighted by Crippen LogP contribution is -2.23. The molecule has 1 unspecified atom stereocenters. The molecule has 0 amide bonds. The van der Waals surface area contributed by atoms with E-state index in [-0.39, 0.29) is 5.41 Å². The molecule has 2 aliphatic rings. The summed E-state index contributed by atoms with van der Waals surface area (Å²) in [4.78, 5) is 2.50. The van der Waals surface area contributed by atoms with E-state index in [1.54, 1.807) is 36.4 Å². The Balaban J connectivity index is 1.08. The molecule has 9 heteroatoms. The molecule has 2 fully saturated rings. The average Bonchev–Trinajstić information content (AvgIpc) is 3.16. The predicted octanol–water partition coefficient (Wildman–Crippen LogP) is 5.46. The molecule has 5 rings (SSSR count). The zero-order valence-corrected chi connectivity index (χ0v) is 18.6. The van der Waals surface area contributed by atoms with Gasteiger partial charge in [0.05, 0.1) is 17.4 Å². The zero-order chi connectivity index (χ0) is 22.3. The predicted molar refractivity (Wildman–Crippen MR) is 116 cm³/mol. The largest absolute Gasteiger partial charge is 0.472 e. The first kappa shape index (κ1) is 21.6. The van der Waals surface area contributed by atoms with Crippen LogP contribution in [0.25, 0.3) is 11.4 Å². The number of nitrogens with zero attached hydrogens (tertiary/aromatic N) is 4. The van der Waals surface area contributed by atoms with E-state index in [2.05, 4.69) is 15.1 Å². The third kappa shape index (κ3) is 4.20. The Kier molecular flexibility index (Phi) is 5.57. The third-order valence-electron chi connectivity index (χ3n) is 6.76. The van der Waals surface area contributed by atoms with Gasteiger partial charge in [-0.3, -0.25) is 0 Å². The highest BCUT2D eigenvalue weighted by Crippen LogP contribution is 2.64. The minimum atomic E-state index is -4.27. The second kappa shape index (κ2) is 8.26. The molecule has 0 bridgehead atoms. The Morgan fingerprint density at radius 1 is 1.19 bits per heavy atom. The van der Waals surface area contributed by atoms with Crippen LogP contribution in [0.4, 0.5) is 13.2 Å². The van der Waals surface area contributed by atoms with Crippen molar-refractivity contribution in [2.45, 2.75) is 36.5 Å². The molecule has 0 radical (unpaired) electrons. The van der Waals surface area contributed by atoms with Crippen LogP contribution in [-0.2, 0) is 13.2 Å². The first-order chi connectivity index (χ1) is 15.4. The van der Waals surface area contributed by atoms with E-state index in [1.165, 1.54) is 12.1 Å². The Hall–Kier alpha value is -2.26. The minimum Gasteiger partial charge on any atom is -0.472 e. The van der Waals surface area contributed by atoms with Gasteiger partial charge in [0.25, 0.3) is 0 Å². The summed E-state index contributed by atoms with van der Waals surface area (Å²) in [6.45, 7) is 3.13. The van der Waals surface area contributed by atoms with E-state index < -0.39 is 11.7 Å². The number of benzene rings is 1. The van der Waals surface area contributed by atoms with Gasteiger partial charge in [0.1, 0.15) is 6.26 Å². The van der Waals surface area contributed by atoms with E-state index in [1.807, 2.05) is 17.7 Å². The van der Waals surface area contributed by atoms with Crippen molar-refractivity contribution in [3.63, 3.8) is 0 Å². The normalized spacial score (nSPS) is 23.3. The van der Waals surface area contributed by atoms with Crippen LogP contribution >= 0.6 is 11.8 Å². The Bertz CT molecular complexity index is 1060. The molecular weight excluding hydrogens is 437 g/mol. The van der Waals surface area contributed by atoms with Crippen molar-refractivity contribution in [2.75, 3.05) is 25.4 Å². The fourth-order valence-corrected chi connectivity index (χ4v) is 5.72. The maximum atomic E-state index is 12.8. The summed E-state index contributed by atoms with van der Waals surface area (Å²) >= 11 is 1.70. The van der Waals surface area contributed by atoms with Gasteiger partial charge >= 0.3 is 6.18 Å². The number of aromatic nitrogens is 3. The minimum absolute atomic E-state index is 0.260. The van der Waals surface area contributed by atoms with E-state index in [0.717, 1.165) is 66.8 Å². The Morgan fingerprint density at radius 2 is 2.00 bits per heavy atom. The van der Waals surface area contributed by atoms with Crippen LogP contribution in [0.3, 0.4) is 0 Å². The summed E-state index contributed by atoms with van der Waals surface area (Å²) in [5.41, 5.74) is 1.66. The van der Waals surface area contributed by atoms with Crippen molar-refractivity contribution in [3.8, 4) is 11.4 Å². The van der Waals surface area contributed by atoms with Crippen LogP contribution < -0.4 is 0 Å². The van der Waals surface area contributed by atoms with Crippen molar-refractivity contribution in [1.82, 2.24) is 19.7 Å². The van der Waals surface area contributed by atoms with Crippen LogP contribution in [0.5, 0.6) is 0 Å². The van der Waals surface area contributed by atoms with Crippen LogP contribution in [0.15, 0.2) is 52.4 Å². The van der Waals surface area contributed by atoms with Crippen LogP contribution in [0.2, 0.25) is 0 Å². The molecule has 170 valence electrons. The zero-order valence-electron chi connectivity index (χ0n) is 17.8. The SMILES string of the molecule is Cn1c(SCCCN2CCC3(C[C@@H]3c3ccc(C(F)(F)F)cc3)C2)nnc1-c1ccoc1. The second-order valence-corrected chi connectivity index (χ2v) is 9.91. The summed E-state index contributed by atoms with van der Waals surface area (Å²) in [7, 11) is 1.96. The summed E-state index contributed by atoms with van der Waals surface area (Å²) in [6.07, 6.45) is 2.29. The molecule has 1 saturated carbocycles. The molecule has 2 atom stereocenters. The lowest BCUT2D eigenvalue weighted by molar-refractivity contribution is -0.137. The highest BCUT2D eigenvalue weighted by atomic mass is 32.2. The first-order valence-corrected chi connectivity index (χ1v) is 11.8. The van der Waals surface area contributed by atoms with E-state index >= 15 is 0 Å². The molecular formula is C23H25F3N4OS. The van der Waals surface area contributed by atoms with E-state index in [4.69, 9.17) is 4.42 Å². The number of hydrogen-bond donors (Lipinski definition) is 0. The van der Waals surface area contributed by atoms with Gasteiger partial charge in [-0.2, -0.15) is 13.2 Å². The van der Waals surface area contributed by atoms with Crippen LogP contribution in [0, 0.1) is 5.41 Å². The Morgan fingerprint density at radius 3 is 2.72 bits per heavy atom. The molecule has 2 aromatic heterocycles. The Labute approximate surface area is 189 Å². The fourth-order valence-electron chi connectivity index (χ4n) is 4.88. The summed E-state index contributed by atoms with van der Waals surface area (Å²) in [6, 6.07) is 7.64. The van der Waals surface area contributed by atoms with Crippen molar-refractivity contribution in [3.05, 3.63) is 54.0 Å². The number of furan rings is 1. The number of alkyl halides is 3. The van der Waals surface area contributed by atoms with E-state index in [9.17, 15) is 13.2 Å². The van der Waals surface area contributed by atoms with Gasteiger partial charge in [-0.1, -0.05) is 23.9 Å². The van der Waals surface area contributed by atoms with Crippen molar-refractivity contribution < 1.29 is 17.6 Å². The summed E-state index contributed by atoms with van der Waals surface area (Å²) in [5, 5.41) is 9.44. The van der Waals surface area contributed by atoms with Gasteiger partial charge < -0.3 is 13.9 Å². The standard InChI is InChI=1S/C23H25F3N4OS/c1-29-20(17-7-11-31-14-17)27-28-21(29)32-12-2-9-30-10-8-22(15-30)13-19(22)16-3-5-18(6-4-16)23(24,25)26/h3-7,11,14,19H,2,8-10,12-13,15H2,1H3/t19-,22?/m1/s1. The first-order valence-electron chi connectivity index (χ1n) is 10.8.